The second kappa shape index (κ2) is 5.68. The first-order chi connectivity index (χ1) is 9.15. The molecule has 1 aromatic heterocycles. The van der Waals surface area contributed by atoms with Gasteiger partial charge in [-0.1, -0.05) is 18.2 Å². The van der Waals surface area contributed by atoms with Crippen LogP contribution < -0.4 is 10.5 Å². The Kier molecular flexibility index (Phi) is 3.78. The third-order valence-electron chi connectivity index (χ3n) is 2.27. The molecular weight excluding hydrogens is 244 g/mol. The molecule has 0 amide bonds. The molecule has 19 heavy (non-hydrogen) atoms. The molecule has 0 unspecified atom stereocenters. The monoisotopic (exact) mass is 256 g/mol. The zero-order valence-electron chi connectivity index (χ0n) is 10.00. The van der Waals surface area contributed by atoms with E-state index in [1.54, 1.807) is 36.4 Å². The van der Waals surface area contributed by atoms with Crippen molar-refractivity contribution < 1.29 is 13.9 Å². The van der Waals surface area contributed by atoms with E-state index in [4.69, 9.17) is 20.3 Å². The van der Waals surface area contributed by atoms with Crippen molar-refractivity contribution in [2.24, 2.45) is 5.73 Å². The van der Waals surface area contributed by atoms with Crippen LogP contribution in [0.25, 0.3) is 6.08 Å². The number of nitrogens with two attached hydrogens (primary N) is 1. The summed E-state index contributed by atoms with van der Waals surface area (Å²) in [5.74, 6) is 0.00674. The number of hydrogen-bond acceptors (Lipinski definition) is 4. The molecule has 1 heterocycles. The average molecular weight is 256 g/mol. The third kappa shape index (κ3) is 3.57. The van der Waals surface area contributed by atoms with Gasteiger partial charge < -0.3 is 14.9 Å². The highest BCUT2D eigenvalue weighted by Crippen LogP contribution is 2.15. The van der Waals surface area contributed by atoms with Gasteiger partial charge in [0.1, 0.15) is 11.6 Å². The highest BCUT2D eigenvalue weighted by atomic mass is 16.5. The normalized spacial score (nSPS) is 10.5. The lowest BCUT2D eigenvalue weighted by Gasteiger charge is -2.02. The van der Waals surface area contributed by atoms with Crippen LogP contribution in [0, 0.1) is 5.41 Å². The van der Waals surface area contributed by atoms with Crippen LogP contribution in [0.2, 0.25) is 0 Å². The van der Waals surface area contributed by atoms with E-state index in [-0.39, 0.29) is 11.6 Å². The Bertz CT molecular complexity index is 598. The zero-order valence-corrected chi connectivity index (χ0v) is 10.00. The fraction of sp³-hybridized carbons (Fsp3) is 0. The van der Waals surface area contributed by atoms with Crippen molar-refractivity contribution in [3.8, 4) is 5.75 Å². The van der Waals surface area contributed by atoms with Crippen molar-refractivity contribution in [3.63, 3.8) is 0 Å². The summed E-state index contributed by atoms with van der Waals surface area (Å²) in [6, 6.07) is 9.97. The molecule has 96 valence electrons. The smallest absolute Gasteiger partial charge is 0.379 e. The maximum Gasteiger partial charge on any atom is 0.379 e. The fourth-order valence-corrected chi connectivity index (χ4v) is 1.39. The van der Waals surface area contributed by atoms with Crippen molar-refractivity contribution in [2.45, 2.75) is 0 Å². The Morgan fingerprint density at radius 2 is 2.00 bits per heavy atom. The molecular formula is C14H12N2O3. The lowest BCUT2D eigenvalue weighted by molar-refractivity contribution is 0.0701. The van der Waals surface area contributed by atoms with Gasteiger partial charge in [-0.05, 0) is 35.9 Å². The van der Waals surface area contributed by atoms with E-state index in [1.807, 2.05) is 0 Å². The van der Waals surface area contributed by atoms with Gasteiger partial charge in [0.05, 0.1) is 6.26 Å². The predicted octanol–water partition coefficient (Wildman–Crippen LogP) is 2.45. The average Bonchev–Trinajstić information content (AvgIpc) is 2.92. The lowest BCUT2D eigenvalue weighted by atomic mass is 10.2. The number of furan rings is 1. The van der Waals surface area contributed by atoms with E-state index >= 15 is 0 Å². The Labute approximate surface area is 109 Å². The molecule has 0 atom stereocenters. The summed E-state index contributed by atoms with van der Waals surface area (Å²) in [5.41, 5.74) is 6.06. The molecule has 1 aromatic carbocycles. The fourth-order valence-electron chi connectivity index (χ4n) is 1.39. The number of carbonyl (C=O) groups is 1. The molecule has 0 aliphatic rings. The van der Waals surface area contributed by atoms with Crippen LogP contribution in [0.5, 0.6) is 5.75 Å². The molecule has 0 saturated heterocycles. The summed E-state index contributed by atoms with van der Waals surface area (Å²) in [7, 11) is 0. The van der Waals surface area contributed by atoms with Gasteiger partial charge in [-0.3, -0.25) is 5.41 Å². The van der Waals surface area contributed by atoms with Gasteiger partial charge in [0.2, 0.25) is 5.76 Å². The maximum absolute atomic E-state index is 11.6. The van der Waals surface area contributed by atoms with Crippen LogP contribution in [0.15, 0.2) is 53.2 Å². The van der Waals surface area contributed by atoms with E-state index in [2.05, 4.69) is 0 Å². The number of hydrogen-bond donors (Lipinski definition) is 2. The van der Waals surface area contributed by atoms with E-state index in [0.717, 1.165) is 5.56 Å². The number of amidine groups is 1. The van der Waals surface area contributed by atoms with Crippen LogP contribution in [-0.4, -0.2) is 11.8 Å². The molecule has 2 rings (SSSR count). The van der Waals surface area contributed by atoms with Gasteiger partial charge in [-0.25, -0.2) is 4.79 Å². The first-order valence-electron chi connectivity index (χ1n) is 5.53. The number of ether oxygens (including phenoxy) is 1. The number of carbonyl (C=O) groups excluding carboxylic acids is 1. The van der Waals surface area contributed by atoms with E-state index < -0.39 is 5.97 Å². The van der Waals surface area contributed by atoms with Crippen molar-refractivity contribution in [2.75, 3.05) is 0 Å². The van der Waals surface area contributed by atoms with Crippen LogP contribution in [0.4, 0.5) is 0 Å². The summed E-state index contributed by atoms with van der Waals surface area (Å²) >= 11 is 0. The molecule has 0 fully saturated rings. The molecule has 5 heteroatoms. The third-order valence-corrected chi connectivity index (χ3v) is 2.27. The molecule has 0 saturated carbocycles. The lowest BCUT2D eigenvalue weighted by Crippen LogP contribution is -2.06. The van der Waals surface area contributed by atoms with Crippen molar-refractivity contribution in [3.05, 3.63) is 60.1 Å². The molecule has 0 bridgehead atoms. The highest BCUT2D eigenvalue weighted by Gasteiger charge is 2.10. The van der Waals surface area contributed by atoms with E-state index in [0.29, 0.717) is 5.75 Å². The Morgan fingerprint density at radius 1 is 1.26 bits per heavy atom. The van der Waals surface area contributed by atoms with Gasteiger partial charge in [0, 0.05) is 0 Å². The molecule has 3 N–H and O–H groups in total. The van der Waals surface area contributed by atoms with Gasteiger partial charge in [0.25, 0.3) is 0 Å². The Hall–Kier alpha value is -2.82. The van der Waals surface area contributed by atoms with Crippen LogP contribution in [0.3, 0.4) is 0 Å². The topological polar surface area (TPSA) is 89.3 Å². The summed E-state index contributed by atoms with van der Waals surface area (Å²) < 4.78 is 10.0. The van der Waals surface area contributed by atoms with E-state index in [9.17, 15) is 4.79 Å². The number of rotatable bonds is 4. The van der Waals surface area contributed by atoms with Gasteiger partial charge in [0.15, 0.2) is 0 Å². The zero-order chi connectivity index (χ0) is 13.7. The van der Waals surface area contributed by atoms with Crippen LogP contribution in [0.1, 0.15) is 16.1 Å². The highest BCUT2D eigenvalue weighted by molar-refractivity contribution is 5.92. The Balaban J connectivity index is 2.03. The van der Waals surface area contributed by atoms with Gasteiger partial charge in [-0.2, -0.15) is 0 Å². The van der Waals surface area contributed by atoms with Crippen molar-refractivity contribution >= 4 is 17.9 Å². The van der Waals surface area contributed by atoms with Crippen molar-refractivity contribution in [1.29, 1.82) is 5.41 Å². The maximum atomic E-state index is 11.6. The largest absolute Gasteiger partial charge is 0.457 e. The standard InChI is InChI=1S/C14H12N2O3/c15-13(16)8-5-10-3-6-11(7-4-10)19-14(17)12-2-1-9-18-12/h1-9H,(H3,15,16)/b8-5+. The number of benzene rings is 1. The summed E-state index contributed by atoms with van der Waals surface area (Å²) in [6.07, 6.45) is 4.58. The molecule has 5 nitrogen and oxygen atoms in total. The SMILES string of the molecule is N=C(N)/C=C/c1ccc(OC(=O)c2ccco2)cc1. The quantitative estimate of drug-likeness (QED) is 0.380. The summed E-state index contributed by atoms with van der Waals surface area (Å²) in [6.45, 7) is 0. The van der Waals surface area contributed by atoms with Gasteiger partial charge in [-0.15, -0.1) is 0 Å². The summed E-state index contributed by atoms with van der Waals surface area (Å²) in [5, 5.41) is 7.07. The van der Waals surface area contributed by atoms with E-state index in [1.165, 1.54) is 18.4 Å². The number of nitrogens with one attached hydrogen (secondary N) is 1. The minimum atomic E-state index is -0.544. The Morgan fingerprint density at radius 3 is 2.58 bits per heavy atom. The number of esters is 1. The first-order valence-corrected chi connectivity index (χ1v) is 5.53. The van der Waals surface area contributed by atoms with Crippen LogP contribution >= 0.6 is 0 Å². The molecule has 2 aromatic rings. The molecule has 0 aliphatic heterocycles. The molecule has 0 radical (unpaired) electrons. The second-order valence-corrected chi connectivity index (χ2v) is 3.72. The van der Waals surface area contributed by atoms with Crippen LogP contribution in [-0.2, 0) is 0 Å². The first kappa shape index (κ1) is 12.6. The minimum Gasteiger partial charge on any atom is -0.457 e. The summed E-state index contributed by atoms with van der Waals surface area (Å²) in [4.78, 5) is 11.6. The predicted molar refractivity (Wildman–Crippen MR) is 71.1 cm³/mol. The second-order valence-electron chi connectivity index (χ2n) is 3.72. The minimum absolute atomic E-state index is 0.0201. The molecule has 0 aliphatic carbocycles. The van der Waals surface area contributed by atoms with Crippen molar-refractivity contribution in [1.82, 2.24) is 0 Å². The van der Waals surface area contributed by atoms with Gasteiger partial charge >= 0.3 is 5.97 Å². The molecule has 0 spiro atoms.